The Balaban J connectivity index is 1.63. The SMILES string of the molecule is COC(=O)N1CC(c2ccc(OC)c(OC3Cc4ccccc4C3)c2)[C@](C)(C(C)N=O)C1. The summed E-state index contributed by atoms with van der Waals surface area (Å²) < 4.78 is 16.9. The lowest BCUT2D eigenvalue weighted by Crippen LogP contribution is -2.37. The zero-order valence-electron chi connectivity index (χ0n) is 19.0. The number of hydrogen-bond acceptors (Lipinski definition) is 6. The maximum atomic E-state index is 12.2. The maximum absolute atomic E-state index is 12.2. The minimum Gasteiger partial charge on any atom is -0.493 e. The molecule has 7 heteroatoms. The zero-order valence-corrected chi connectivity index (χ0v) is 19.0. The summed E-state index contributed by atoms with van der Waals surface area (Å²) in [7, 11) is 3.00. The molecule has 0 radical (unpaired) electrons. The number of carbonyl (C=O) groups is 1. The van der Waals surface area contributed by atoms with Gasteiger partial charge in [0, 0.05) is 37.3 Å². The molecule has 0 saturated carbocycles. The molecule has 2 aromatic rings. The molecule has 1 fully saturated rings. The number of likely N-dealkylation sites (tertiary alicyclic amines) is 1. The molecule has 1 aliphatic heterocycles. The van der Waals surface area contributed by atoms with Gasteiger partial charge in [0.1, 0.15) is 6.10 Å². The topological polar surface area (TPSA) is 77.4 Å². The number of hydrogen-bond donors (Lipinski definition) is 0. The summed E-state index contributed by atoms with van der Waals surface area (Å²) >= 11 is 0. The number of nitroso groups, excluding NO2 is 1. The summed E-state index contributed by atoms with van der Waals surface area (Å²) in [6.45, 7) is 4.66. The van der Waals surface area contributed by atoms with Gasteiger partial charge >= 0.3 is 6.09 Å². The first kappa shape index (κ1) is 22.1. The van der Waals surface area contributed by atoms with Gasteiger partial charge in [0.25, 0.3) is 0 Å². The van der Waals surface area contributed by atoms with Crippen molar-refractivity contribution >= 4 is 6.09 Å². The van der Waals surface area contributed by atoms with Gasteiger partial charge in [-0.25, -0.2) is 4.79 Å². The second-order valence-corrected chi connectivity index (χ2v) is 9.02. The molecule has 2 aliphatic rings. The summed E-state index contributed by atoms with van der Waals surface area (Å²) in [5, 5.41) is 3.32. The smallest absolute Gasteiger partial charge is 0.409 e. The number of ether oxygens (including phenoxy) is 3. The molecule has 2 aromatic carbocycles. The molecule has 1 saturated heterocycles. The fourth-order valence-corrected chi connectivity index (χ4v) is 5.10. The van der Waals surface area contributed by atoms with E-state index in [4.69, 9.17) is 14.2 Å². The van der Waals surface area contributed by atoms with Crippen LogP contribution >= 0.6 is 0 Å². The van der Waals surface area contributed by atoms with Crippen LogP contribution in [0.2, 0.25) is 0 Å². The van der Waals surface area contributed by atoms with Crippen LogP contribution in [0, 0.1) is 10.3 Å². The molecule has 0 N–H and O–H groups in total. The van der Waals surface area contributed by atoms with Crippen LogP contribution in [0.5, 0.6) is 11.5 Å². The van der Waals surface area contributed by atoms with E-state index in [1.165, 1.54) is 18.2 Å². The Hall–Kier alpha value is -3.09. The number of benzene rings is 2. The van der Waals surface area contributed by atoms with Gasteiger partial charge in [-0.15, -0.1) is 0 Å². The lowest BCUT2D eigenvalue weighted by Gasteiger charge is -2.33. The number of rotatable bonds is 6. The number of nitrogens with zero attached hydrogens (tertiary/aromatic N) is 2. The van der Waals surface area contributed by atoms with Crippen molar-refractivity contribution in [2.24, 2.45) is 10.6 Å². The molecule has 7 nitrogen and oxygen atoms in total. The van der Waals surface area contributed by atoms with Crippen LogP contribution < -0.4 is 9.47 Å². The molecule has 2 unspecified atom stereocenters. The third-order valence-electron chi connectivity index (χ3n) is 7.17. The second-order valence-electron chi connectivity index (χ2n) is 9.02. The number of amides is 1. The van der Waals surface area contributed by atoms with Gasteiger partial charge in [-0.05, 0) is 35.7 Å². The normalized spacial score (nSPS) is 23.5. The van der Waals surface area contributed by atoms with Gasteiger partial charge < -0.3 is 19.1 Å². The molecular formula is C25H30N2O5. The lowest BCUT2D eigenvalue weighted by atomic mass is 9.71. The average molecular weight is 439 g/mol. The standard InChI is InChI=1S/C25H30N2O5/c1-16(26-29)25(2)15-27(24(28)31-4)14-21(25)19-9-10-22(30-3)23(13-19)32-20-11-17-7-5-6-8-18(17)12-20/h5-10,13,16,20-21H,11-12,14-15H2,1-4H3/t16?,21?,25-/m0/s1. The highest BCUT2D eigenvalue weighted by molar-refractivity contribution is 5.68. The van der Waals surface area contributed by atoms with Crippen molar-refractivity contribution in [3.63, 3.8) is 0 Å². The Morgan fingerprint density at radius 1 is 1.12 bits per heavy atom. The average Bonchev–Trinajstić information content (AvgIpc) is 3.39. The maximum Gasteiger partial charge on any atom is 0.409 e. The summed E-state index contributed by atoms with van der Waals surface area (Å²) in [6, 6.07) is 13.8. The van der Waals surface area contributed by atoms with Gasteiger partial charge in [-0.2, -0.15) is 4.91 Å². The highest BCUT2D eigenvalue weighted by atomic mass is 16.5. The van der Waals surface area contributed by atoms with Gasteiger partial charge in [0.15, 0.2) is 11.5 Å². The monoisotopic (exact) mass is 438 g/mol. The van der Waals surface area contributed by atoms with Crippen molar-refractivity contribution in [3.8, 4) is 11.5 Å². The Bertz CT molecular complexity index is 985. The summed E-state index contributed by atoms with van der Waals surface area (Å²) in [6.07, 6.45) is 1.35. The third-order valence-corrected chi connectivity index (χ3v) is 7.17. The van der Waals surface area contributed by atoms with Crippen LogP contribution in [-0.2, 0) is 17.6 Å². The first-order chi connectivity index (χ1) is 15.4. The summed E-state index contributed by atoms with van der Waals surface area (Å²) in [5.41, 5.74) is 3.10. The predicted molar refractivity (Wildman–Crippen MR) is 121 cm³/mol. The summed E-state index contributed by atoms with van der Waals surface area (Å²) in [5.74, 6) is 1.24. The molecule has 4 rings (SSSR count). The fraction of sp³-hybridized carbons (Fsp3) is 0.480. The van der Waals surface area contributed by atoms with Crippen LogP contribution in [0.15, 0.2) is 47.6 Å². The van der Waals surface area contributed by atoms with Crippen molar-refractivity contribution in [2.75, 3.05) is 27.3 Å². The first-order valence-corrected chi connectivity index (χ1v) is 11.0. The highest BCUT2D eigenvalue weighted by Gasteiger charge is 2.50. The number of methoxy groups -OCH3 is 2. The Labute approximate surface area is 188 Å². The third kappa shape index (κ3) is 3.92. The van der Waals surface area contributed by atoms with Gasteiger partial charge in [0.05, 0.1) is 20.3 Å². The largest absolute Gasteiger partial charge is 0.493 e. The Kier molecular flexibility index (Phi) is 6.09. The van der Waals surface area contributed by atoms with Crippen LogP contribution in [0.1, 0.15) is 36.5 Å². The van der Waals surface area contributed by atoms with E-state index < -0.39 is 17.6 Å². The molecule has 3 atom stereocenters. The van der Waals surface area contributed by atoms with Crippen molar-refractivity contribution < 1.29 is 19.0 Å². The molecule has 170 valence electrons. The van der Waals surface area contributed by atoms with Crippen molar-refractivity contribution in [2.45, 2.75) is 44.8 Å². The minimum atomic E-state index is -0.522. The van der Waals surface area contributed by atoms with Crippen LogP contribution in [0.4, 0.5) is 4.79 Å². The van der Waals surface area contributed by atoms with E-state index in [0.717, 1.165) is 18.4 Å². The van der Waals surface area contributed by atoms with Crippen LogP contribution in [0.3, 0.4) is 0 Å². The van der Waals surface area contributed by atoms with Gasteiger partial charge in [-0.3, -0.25) is 0 Å². The van der Waals surface area contributed by atoms with Crippen molar-refractivity contribution in [1.29, 1.82) is 0 Å². The molecule has 1 aliphatic carbocycles. The van der Waals surface area contributed by atoms with E-state index in [0.29, 0.717) is 24.6 Å². The van der Waals surface area contributed by atoms with Gasteiger partial charge in [-0.1, -0.05) is 42.4 Å². The summed E-state index contributed by atoms with van der Waals surface area (Å²) in [4.78, 5) is 25.4. The van der Waals surface area contributed by atoms with E-state index in [2.05, 4.69) is 29.4 Å². The Morgan fingerprint density at radius 3 is 2.41 bits per heavy atom. The molecule has 0 spiro atoms. The van der Waals surface area contributed by atoms with Gasteiger partial charge in [0.2, 0.25) is 0 Å². The van der Waals surface area contributed by atoms with E-state index in [1.54, 1.807) is 18.9 Å². The molecule has 0 bridgehead atoms. The number of carbonyl (C=O) groups excluding carboxylic acids is 1. The highest BCUT2D eigenvalue weighted by Crippen LogP contribution is 2.48. The fourth-order valence-electron chi connectivity index (χ4n) is 5.10. The molecule has 0 aromatic heterocycles. The van der Waals surface area contributed by atoms with Crippen LogP contribution in [-0.4, -0.2) is 50.4 Å². The van der Waals surface area contributed by atoms with E-state index in [9.17, 15) is 9.70 Å². The number of fused-ring (bicyclic) bond motifs is 1. The van der Waals surface area contributed by atoms with Crippen molar-refractivity contribution in [3.05, 3.63) is 64.1 Å². The van der Waals surface area contributed by atoms with E-state index >= 15 is 0 Å². The zero-order chi connectivity index (χ0) is 22.9. The molecule has 32 heavy (non-hydrogen) atoms. The minimum absolute atomic E-state index is 0.0358. The Morgan fingerprint density at radius 2 is 1.81 bits per heavy atom. The quantitative estimate of drug-likeness (QED) is 0.618. The van der Waals surface area contributed by atoms with Crippen molar-refractivity contribution in [1.82, 2.24) is 4.90 Å². The molecule has 1 heterocycles. The second kappa shape index (κ2) is 8.81. The first-order valence-electron chi connectivity index (χ1n) is 11.0. The predicted octanol–water partition coefficient (Wildman–Crippen LogP) is 4.57. The van der Waals surface area contributed by atoms with Crippen LogP contribution in [0.25, 0.3) is 0 Å². The van der Waals surface area contributed by atoms with E-state index in [-0.39, 0.29) is 12.0 Å². The lowest BCUT2D eigenvalue weighted by molar-refractivity contribution is 0.126. The molecular weight excluding hydrogens is 408 g/mol. The molecule has 1 amide bonds. The van der Waals surface area contributed by atoms with E-state index in [1.807, 2.05) is 25.1 Å².